The van der Waals surface area contributed by atoms with Gasteiger partial charge in [0.2, 0.25) is 0 Å². The summed E-state index contributed by atoms with van der Waals surface area (Å²) >= 11 is 0. The van der Waals surface area contributed by atoms with Crippen LogP contribution in [-0.2, 0) is 6.54 Å². The molecule has 100 valence electrons. The molecular weight excluding hydrogens is 222 g/mol. The third-order valence-corrected chi connectivity index (χ3v) is 3.79. The third-order valence-electron chi connectivity index (χ3n) is 3.79. The molecule has 0 aromatic heterocycles. The number of rotatable bonds is 4. The molecule has 1 aromatic rings. The fourth-order valence-corrected chi connectivity index (χ4v) is 2.66. The monoisotopic (exact) mass is 247 g/mol. The third kappa shape index (κ3) is 3.55. The van der Waals surface area contributed by atoms with Gasteiger partial charge in [0, 0.05) is 45.3 Å². The number of hydrogen-bond donors (Lipinski definition) is 1. The van der Waals surface area contributed by atoms with E-state index < -0.39 is 0 Å². The zero-order chi connectivity index (χ0) is 13.0. The summed E-state index contributed by atoms with van der Waals surface area (Å²) in [6.07, 6.45) is 0. The van der Waals surface area contributed by atoms with Gasteiger partial charge in [0.1, 0.15) is 0 Å². The van der Waals surface area contributed by atoms with Crippen molar-refractivity contribution in [3.8, 4) is 0 Å². The second-order valence-electron chi connectivity index (χ2n) is 5.39. The summed E-state index contributed by atoms with van der Waals surface area (Å²) in [5, 5.41) is 0. The van der Waals surface area contributed by atoms with Gasteiger partial charge in [-0.2, -0.15) is 0 Å². The van der Waals surface area contributed by atoms with Crippen LogP contribution in [0, 0.1) is 6.92 Å². The van der Waals surface area contributed by atoms with Crippen LogP contribution in [0.15, 0.2) is 24.3 Å². The molecule has 3 nitrogen and oxygen atoms in total. The van der Waals surface area contributed by atoms with Crippen LogP contribution in [0.5, 0.6) is 0 Å². The highest BCUT2D eigenvalue weighted by molar-refractivity contribution is 5.21. The summed E-state index contributed by atoms with van der Waals surface area (Å²) in [4.78, 5) is 5.04. The van der Waals surface area contributed by atoms with Gasteiger partial charge in [-0.25, -0.2) is 0 Å². The zero-order valence-electron chi connectivity index (χ0n) is 11.6. The highest BCUT2D eigenvalue weighted by atomic mass is 15.3. The summed E-state index contributed by atoms with van der Waals surface area (Å²) in [5.74, 6) is 0. The molecule has 1 atom stereocenters. The predicted octanol–water partition coefficient (Wildman–Crippen LogP) is 1.46. The van der Waals surface area contributed by atoms with Crippen LogP contribution in [0.25, 0.3) is 0 Å². The maximum absolute atomic E-state index is 5.64. The van der Waals surface area contributed by atoms with Gasteiger partial charge in [-0.15, -0.1) is 0 Å². The molecule has 3 heteroatoms. The van der Waals surface area contributed by atoms with Crippen LogP contribution >= 0.6 is 0 Å². The lowest BCUT2D eigenvalue weighted by Gasteiger charge is -2.39. The van der Waals surface area contributed by atoms with Crippen molar-refractivity contribution >= 4 is 0 Å². The molecule has 1 saturated heterocycles. The number of hydrogen-bond acceptors (Lipinski definition) is 3. The lowest BCUT2D eigenvalue weighted by atomic mass is 10.1. The highest BCUT2D eigenvalue weighted by Crippen LogP contribution is 2.13. The number of piperazine rings is 1. The molecule has 0 amide bonds. The summed E-state index contributed by atoms with van der Waals surface area (Å²) in [5.41, 5.74) is 8.39. The van der Waals surface area contributed by atoms with Crippen molar-refractivity contribution in [2.45, 2.75) is 26.4 Å². The van der Waals surface area contributed by atoms with Crippen LogP contribution < -0.4 is 5.73 Å². The molecule has 1 fully saturated rings. The maximum atomic E-state index is 5.64. The molecule has 1 aromatic carbocycles. The smallest absolute Gasteiger partial charge is 0.0234 e. The van der Waals surface area contributed by atoms with E-state index in [1.54, 1.807) is 0 Å². The Morgan fingerprint density at radius 1 is 1.22 bits per heavy atom. The fourth-order valence-electron chi connectivity index (χ4n) is 2.66. The van der Waals surface area contributed by atoms with Crippen molar-refractivity contribution in [3.05, 3.63) is 35.4 Å². The standard InChI is InChI=1S/C15H25N3/c1-13-3-5-15(6-4-13)12-17-9-10-18(8-7-16)14(2)11-17/h3-6,14H,7-12,16H2,1-2H3. The minimum absolute atomic E-state index is 0.618. The van der Waals surface area contributed by atoms with E-state index in [-0.39, 0.29) is 0 Å². The number of benzene rings is 1. The zero-order valence-corrected chi connectivity index (χ0v) is 11.6. The van der Waals surface area contributed by atoms with Crippen molar-refractivity contribution in [1.82, 2.24) is 9.80 Å². The molecule has 18 heavy (non-hydrogen) atoms. The Hall–Kier alpha value is -0.900. The molecule has 0 aliphatic carbocycles. The van der Waals surface area contributed by atoms with Gasteiger partial charge in [-0.05, 0) is 19.4 Å². The van der Waals surface area contributed by atoms with E-state index in [2.05, 4.69) is 47.9 Å². The molecule has 0 spiro atoms. The van der Waals surface area contributed by atoms with Gasteiger partial charge in [0.25, 0.3) is 0 Å². The van der Waals surface area contributed by atoms with Crippen LogP contribution in [0.3, 0.4) is 0 Å². The van der Waals surface area contributed by atoms with Crippen LogP contribution in [0.4, 0.5) is 0 Å². The predicted molar refractivity (Wildman–Crippen MR) is 76.5 cm³/mol. The molecule has 1 aliphatic rings. The minimum atomic E-state index is 0.618. The quantitative estimate of drug-likeness (QED) is 0.874. The lowest BCUT2D eigenvalue weighted by molar-refractivity contribution is 0.0815. The Morgan fingerprint density at radius 3 is 2.56 bits per heavy atom. The fraction of sp³-hybridized carbons (Fsp3) is 0.600. The summed E-state index contributed by atoms with van der Waals surface area (Å²) in [7, 11) is 0. The molecule has 1 aliphatic heterocycles. The molecule has 0 saturated carbocycles. The van der Waals surface area contributed by atoms with Crippen LogP contribution in [0.1, 0.15) is 18.1 Å². The Morgan fingerprint density at radius 2 is 1.94 bits per heavy atom. The summed E-state index contributed by atoms with van der Waals surface area (Å²) in [6, 6.07) is 9.50. The van der Waals surface area contributed by atoms with Gasteiger partial charge >= 0.3 is 0 Å². The minimum Gasteiger partial charge on any atom is -0.329 e. The molecule has 0 radical (unpaired) electrons. The van der Waals surface area contributed by atoms with E-state index in [0.29, 0.717) is 6.04 Å². The molecule has 1 heterocycles. The Labute approximate surface area is 111 Å². The van der Waals surface area contributed by atoms with Crippen molar-refractivity contribution in [1.29, 1.82) is 0 Å². The average Bonchev–Trinajstić information content (AvgIpc) is 2.36. The molecule has 2 N–H and O–H groups in total. The van der Waals surface area contributed by atoms with Crippen LogP contribution in [-0.4, -0.2) is 48.6 Å². The van der Waals surface area contributed by atoms with Crippen molar-refractivity contribution in [3.63, 3.8) is 0 Å². The number of aryl methyl sites for hydroxylation is 1. The maximum Gasteiger partial charge on any atom is 0.0234 e. The first-order valence-electron chi connectivity index (χ1n) is 6.91. The van der Waals surface area contributed by atoms with E-state index in [1.165, 1.54) is 11.1 Å². The number of nitrogens with zero attached hydrogens (tertiary/aromatic N) is 2. The number of nitrogens with two attached hydrogens (primary N) is 1. The molecular formula is C15H25N3. The van der Waals surface area contributed by atoms with Gasteiger partial charge < -0.3 is 5.73 Å². The highest BCUT2D eigenvalue weighted by Gasteiger charge is 2.22. The van der Waals surface area contributed by atoms with Gasteiger partial charge in [0.05, 0.1) is 0 Å². The Kier molecular flexibility index (Phi) is 4.75. The van der Waals surface area contributed by atoms with E-state index in [9.17, 15) is 0 Å². The first-order valence-corrected chi connectivity index (χ1v) is 6.91. The van der Waals surface area contributed by atoms with E-state index in [1.807, 2.05) is 0 Å². The van der Waals surface area contributed by atoms with Gasteiger partial charge in [-0.1, -0.05) is 29.8 Å². The largest absolute Gasteiger partial charge is 0.329 e. The van der Waals surface area contributed by atoms with Gasteiger partial charge in [-0.3, -0.25) is 9.80 Å². The Bertz CT molecular complexity index is 361. The van der Waals surface area contributed by atoms with Gasteiger partial charge in [0.15, 0.2) is 0 Å². The SMILES string of the molecule is Cc1ccc(CN2CCN(CCN)C(C)C2)cc1. The summed E-state index contributed by atoms with van der Waals surface area (Å²) < 4.78 is 0. The van der Waals surface area contributed by atoms with E-state index in [0.717, 1.165) is 39.3 Å². The summed E-state index contributed by atoms with van der Waals surface area (Å²) in [6.45, 7) is 10.7. The first kappa shape index (κ1) is 13.5. The van der Waals surface area contributed by atoms with Crippen LogP contribution in [0.2, 0.25) is 0 Å². The van der Waals surface area contributed by atoms with Crippen molar-refractivity contribution in [2.24, 2.45) is 5.73 Å². The molecule has 2 rings (SSSR count). The van der Waals surface area contributed by atoms with E-state index in [4.69, 9.17) is 5.73 Å². The second kappa shape index (κ2) is 6.32. The first-order chi connectivity index (χ1) is 8.69. The average molecular weight is 247 g/mol. The topological polar surface area (TPSA) is 32.5 Å². The normalized spacial score (nSPS) is 22.3. The van der Waals surface area contributed by atoms with E-state index >= 15 is 0 Å². The van der Waals surface area contributed by atoms with Crippen molar-refractivity contribution in [2.75, 3.05) is 32.7 Å². The van der Waals surface area contributed by atoms with Crippen molar-refractivity contribution < 1.29 is 0 Å². The Balaban J connectivity index is 1.87. The molecule has 0 bridgehead atoms. The molecule has 1 unspecified atom stereocenters. The lowest BCUT2D eigenvalue weighted by Crippen LogP contribution is -2.52. The second-order valence-corrected chi connectivity index (χ2v) is 5.39.